The first-order chi connectivity index (χ1) is 14.7. The Morgan fingerprint density at radius 1 is 1.07 bits per heavy atom. The third-order valence-corrected chi connectivity index (χ3v) is 5.75. The maximum Gasteiger partial charge on any atom is 0.206 e. The zero-order chi connectivity index (χ0) is 20.5. The number of fused-ring (bicyclic) bond motifs is 1. The van der Waals surface area contributed by atoms with Crippen molar-refractivity contribution in [2.24, 2.45) is 7.05 Å². The van der Waals surface area contributed by atoms with Gasteiger partial charge in [-0.25, -0.2) is 4.98 Å². The molecule has 1 fully saturated rings. The molecule has 154 valence electrons. The second kappa shape index (κ2) is 7.75. The Labute approximate surface area is 174 Å². The van der Waals surface area contributed by atoms with Crippen molar-refractivity contribution in [3.8, 4) is 17.1 Å². The van der Waals surface area contributed by atoms with Gasteiger partial charge in [0.05, 0.1) is 30.4 Å². The number of imidazole rings is 1. The van der Waals surface area contributed by atoms with E-state index in [-0.39, 0.29) is 0 Å². The number of piperazine rings is 1. The number of nitrogens with zero attached hydrogens (tertiary/aromatic N) is 7. The molecule has 0 spiro atoms. The Hall–Kier alpha value is -3.46. The molecule has 1 aliphatic heterocycles. The van der Waals surface area contributed by atoms with E-state index < -0.39 is 0 Å². The van der Waals surface area contributed by atoms with E-state index >= 15 is 0 Å². The van der Waals surface area contributed by atoms with Gasteiger partial charge in [0.25, 0.3) is 0 Å². The molecule has 1 saturated heterocycles. The number of para-hydroxylation sites is 2. The standard InChI is InChI=1S/C21H24N8O/c1-27-18-6-4-3-5-17(18)22-20(27)14-28-9-11-29(12-10-28)19-13-15(30-2)7-8-16(19)21-23-25-26-24-21/h3-8,13H,9-12,14H2,1-2H3,(H,23,24,25,26). The van der Waals surface area contributed by atoms with Crippen molar-refractivity contribution in [1.29, 1.82) is 0 Å². The lowest BCUT2D eigenvalue weighted by Gasteiger charge is -2.36. The second-order valence-electron chi connectivity index (χ2n) is 7.46. The largest absolute Gasteiger partial charge is 0.497 e. The first-order valence-electron chi connectivity index (χ1n) is 10.0. The molecule has 9 nitrogen and oxygen atoms in total. The highest BCUT2D eigenvalue weighted by molar-refractivity contribution is 5.76. The first-order valence-corrected chi connectivity index (χ1v) is 10.0. The predicted molar refractivity (Wildman–Crippen MR) is 114 cm³/mol. The summed E-state index contributed by atoms with van der Waals surface area (Å²) in [7, 11) is 3.77. The molecule has 4 aromatic rings. The molecule has 3 heterocycles. The molecule has 5 rings (SSSR count). The van der Waals surface area contributed by atoms with E-state index in [1.807, 2.05) is 24.3 Å². The van der Waals surface area contributed by atoms with Gasteiger partial charge in [-0.3, -0.25) is 4.90 Å². The number of aryl methyl sites for hydroxylation is 1. The highest BCUT2D eigenvalue weighted by Crippen LogP contribution is 2.32. The van der Waals surface area contributed by atoms with Crippen molar-refractivity contribution < 1.29 is 4.74 Å². The molecular weight excluding hydrogens is 380 g/mol. The van der Waals surface area contributed by atoms with Gasteiger partial charge < -0.3 is 14.2 Å². The van der Waals surface area contributed by atoms with Crippen LogP contribution in [0.2, 0.25) is 0 Å². The van der Waals surface area contributed by atoms with Crippen molar-refractivity contribution in [2.45, 2.75) is 6.54 Å². The van der Waals surface area contributed by atoms with Crippen molar-refractivity contribution in [2.75, 3.05) is 38.2 Å². The zero-order valence-electron chi connectivity index (χ0n) is 17.1. The number of ether oxygens (including phenoxy) is 1. The van der Waals surface area contributed by atoms with Gasteiger partial charge in [0.1, 0.15) is 11.6 Å². The molecule has 0 bridgehead atoms. The molecule has 2 aromatic heterocycles. The number of aromatic nitrogens is 6. The van der Waals surface area contributed by atoms with Crippen LogP contribution in [-0.4, -0.2) is 68.4 Å². The van der Waals surface area contributed by atoms with Crippen molar-refractivity contribution in [3.63, 3.8) is 0 Å². The lowest BCUT2D eigenvalue weighted by atomic mass is 10.1. The molecular formula is C21H24N8O. The normalized spacial score (nSPS) is 15.1. The summed E-state index contributed by atoms with van der Waals surface area (Å²) in [5.74, 6) is 2.51. The Morgan fingerprint density at radius 3 is 2.63 bits per heavy atom. The maximum absolute atomic E-state index is 5.45. The van der Waals surface area contributed by atoms with Crippen molar-refractivity contribution in [1.82, 2.24) is 35.1 Å². The monoisotopic (exact) mass is 404 g/mol. The Morgan fingerprint density at radius 2 is 1.90 bits per heavy atom. The molecule has 9 heteroatoms. The van der Waals surface area contributed by atoms with E-state index in [1.54, 1.807) is 7.11 Å². The summed E-state index contributed by atoms with van der Waals surface area (Å²) in [4.78, 5) is 9.63. The SMILES string of the molecule is COc1ccc(-c2nn[nH]n2)c(N2CCN(Cc3nc4ccccc4n3C)CC2)c1. The summed E-state index contributed by atoms with van der Waals surface area (Å²) >= 11 is 0. The average Bonchev–Trinajstić information content (AvgIpc) is 3.43. The van der Waals surface area contributed by atoms with Gasteiger partial charge in [0.2, 0.25) is 5.82 Å². The summed E-state index contributed by atoms with van der Waals surface area (Å²) in [6.07, 6.45) is 0. The number of H-pyrrole nitrogens is 1. The maximum atomic E-state index is 5.45. The minimum absolute atomic E-state index is 0.592. The van der Waals surface area contributed by atoms with Crippen LogP contribution in [0.4, 0.5) is 5.69 Å². The number of benzene rings is 2. The molecule has 0 aliphatic carbocycles. The molecule has 0 amide bonds. The molecule has 30 heavy (non-hydrogen) atoms. The number of tetrazole rings is 1. The summed E-state index contributed by atoms with van der Waals surface area (Å²) in [5, 5.41) is 14.6. The van der Waals surface area contributed by atoms with Crippen molar-refractivity contribution >= 4 is 16.7 Å². The number of anilines is 1. The number of hydrogen-bond acceptors (Lipinski definition) is 7. The summed E-state index contributed by atoms with van der Waals surface area (Å²) in [5.41, 5.74) is 4.24. The first kappa shape index (κ1) is 18.6. The number of rotatable bonds is 5. The number of aromatic amines is 1. The lowest BCUT2D eigenvalue weighted by Crippen LogP contribution is -2.46. The molecule has 0 atom stereocenters. The van der Waals surface area contributed by atoms with Crippen LogP contribution < -0.4 is 9.64 Å². The van der Waals surface area contributed by atoms with Crippen LogP contribution in [-0.2, 0) is 13.6 Å². The molecule has 0 unspecified atom stereocenters. The zero-order valence-corrected chi connectivity index (χ0v) is 17.1. The summed E-state index contributed by atoms with van der Waals surface area (Å²) in [6.45, 7) is 4.55. The lowest BCUT2D eigenvalue weighted by molar-refractivity contribution is 0.242. The average molecular weight is 404 g/mol. The van der Waals surface area contributed by atoms with Crippen LogP contribution in [0.5, 0.6) is 5.75 Å². The van der Waals surface area contributed by atoms with E-state index in [2.05, 4.69) is 60.2 Å². The van der Waals surface area contributed by atoms with E-state index in [1.165, 1.54) is 5.52 Å². The number of hydrogen-bond donors (Lipinski definition) is 1. The van der Waals surface area contributed by atoms with E-state index in [0.717, 1.165) is 61.1 Å². The number of methoxy groups -OCH3 is 1. The third kappa shape index (κ3) is 3.37. The Balaban J connectivity index is 1.33. The molecule has 1 N–H and O–H groups in total. The minimum atomic E-state index is 0.592. The van der Waals surface area contributed by atoms with Gasteiger partial charge in [0, 0.05) is 44.9 Å². The van der Waals surface area contributed by atoms with Crippen LogP contribution in [0.25, 0.3) is 22.4 Å². The highest BCUT2D eigenvalue weighted by Gasteiger charge is 2.23. The third-order valence-electron chi connectivity index (χ3n) is 5.75. The molecule has 0 saturated carbocycles. The van der Waals surface area contributed by atoms with Crippen LogP contribution in [0, 0.1) is 0 Å². The highest BCUT2D eigenvalue weighted by atomic mass is 16.5. The van der Waals surface area contributed by atoms with E-state index in [0.29, 0.717) is 5.82 Å². The number of nitrogens with one attached hydrogen (secondary N) is 1. The van der Waals surface area contributed by atoms with Crippen LogP contribution in [0.15, 0.2) is 42.5 Å². The van der Waals surface area contributed by atoms with Gasteiger partial charge >= 0.3 is 0 Å². The van der Waals surface area contributed by atoms with Crippen molar-refractivity contribution in [3.05, 3.63) is 48.3 Å². The van der Waals surface area contributed by atoms with Gasteiger partial charge in [-0.2, -0.15) is 5.21 Å². The Bertz CT molecular complexity index is 1150. The molecule has 0 radical (unpaired) electrons. The fourth-order valence-corrected chi connectivity index (χ4v) is 4.05. The smallest absolute Gasteiger partial charge is 0.206 e. The topological polar surface area (TPSA) is 88.0 Å². The molecule has 1 aliphatic rings. The van der Waals surface area contributed by atoms with Gasteiger partial charge in [-0.05, 0) is 29.5 Å². The minimum Gasteiger partial charge on any atom is -0.497 e. The fourth-order valence-electron chi connectivity index (χ4n) is 4.05. The van der Waals surface area contributed by atoms with Crippen LogP contribution >= 0.6 is 0 Å². The molecule has 2 aromatic carbocycles. The van der Waals surface area contributed by atoms with Crippen LogP contribution in [0.3, 0.4) is 0 Å². The van der Waals surface area contributed by atoms with Crippen LogP contribution in [0.1, 0.15) is 5.82 Å². The quantitative estimate of drug-likeness (QED) is 0.545. The Kier molecular flexibility index (Phi) is 4.80. The van der Waals surface area contributed by atoms with Gasteiger partial charge in [-0.1, -0.05) is 12.1 Å². The van der Waals surface area contributed by atoms with E-state index in [4.69, 9.17) is 9.72 Å². The van der Waals surface area contributed by atoms with E-state index in [9.17, 15) is 0 Å². The summed E-state index contributed by atoms with van der Waals surface area (Å²) < 4.78 is 7.64. The van der Waals surface area contributed by atoms with Gasteiger partial charge in [-0.15, -0.1) is 10.2 Å². The summed E-state index contributed by atoms with van der Waals surface area (Å²) in [6, 6.07) is 14.2. The predicted octanol–water partition coefficient (Wildman–Crippen LogP) is 2.08. The van der Waals surface area contributed by atoms with Gasteiger partial charge in [0.15, 0.2) is 0 Å². The second-order valence-corrected chi connectivity index (χ2v) is 7.46. The fraction of sp³-hybridized carbons (Fsp3) is 0.333.